The van der Waals surface area contributed by atoms with Crippen molar-refractivity contribution in [3.63, 3.8) is 0 Å². The minimum absolute atomic E-state index is 0.0175. The average Bonchev–Trinajstić information content (AvgIpc) is 2.12. The molecule has 0 spiro atoms. The highest BCUT2D eigenvalue weighted by molar-refractivity contribution is 5.39. The SMILES string of the molecule is CC(C)COc1cccc(NC(C)(C)C)n1. The Labute approximate surface area is 98.2 Å². The van der Waals surface area contributed by atoms with Crippen LogP contribution in [0.4, 0.5) is 5.82 Å². The molecular weight excluding hydrogens is 200 g/mol. The molecule has 0 saturated heterocycles. The molecule has 0 fully saturated rings. The normalized spacial score (nSPS) is 11.6. The Balaban J connectivity index is 2.64. The molecule has 1 aromatic heterocycles. The molecule has 0 aliphatic carbocycles. The molecule has 0 aliphatic heterocycles. The topological polar surface area (TPSA) is 34.1 Å². The van der Waals surface area contributed by atoms with Gasteiger partial charge >= 0.3 is 0 Å². The number of aromatic nitrogens is 1. The van der Waals surface area contributed by atoms with Crippen LogP contribution in [0.15, 0.2) is 18.2 Å². The summed E-state index contributed by atoms with van der Waals surface area (Å²) >= 11 is 0. The fourth-order valence-corrected chi connectivity index (χ4v) is 1.20. The van der Waals surface area contributed by atoms with Gasteiger partial charge in [0.25, 0.3) is 0 Å². The molecule has 1 N–H and O–H groups in total. The maximum absolute atomic E-state index is 5.57. The number of pyridine rings is 1. The fourth-order valence-electron chi connectivity index (χ4n) is 1.20. The Morgan fingerprint density at radius 1 is 1.31 bits per heavy atom. The highest BCUT2D eigenvalue weighted by Gasteiger charge is 2.10. The number of ether oxygens (including phenoxy) is 1. The van der Waals surface area contributed by atoms with Crippen LogP contribution >= 0.6 is 0 Å². The zero-order valence-electron chi connectivity index (χ0n) is 10.9. The molecule has 1 aromatic rings. The van der Waals surface area contributed by atoms with Crippen LogP contribution in [0.25, 0.3) is 0 Å². The molecule has 0 aromatic carbocycles. The molecule has 0 bridgehead atoms. The summed E-state index contributed by atoms with van der Waals surface area (Å²) in [5, 5.41) is 3.32. The second-order valence-corrected chi connectivity index (χ2v) is 5.44. The van der Waals surface area contributed by atoms with Crippen molar-refractivity contribution in [2.45, 2.75) is 40.2 Å². The van der Waals surface area contributed by atoms with Crippen molar-refractivity contribution < 1.29 is 4.74 Å². The zero-order valence-corrected chi connectivity index (χ0v) is 10.9. The van der Waals surface area contributed by atoms with Crippen molar-refractivity contribution in [2.24, 2.45) is 5.92 Å². The molecule has 0 saturated carbocycles. The maximum Gasteiger partial charge on any atom is 0.215 e. The molecule has 90 valence electrons. The second kappa shape index (κ2) is 5.19. The summed E-state index contributed by atoms with van der Waals surface area (Å²) in [5.74, 6) is 2.05. The summed E-state index contributed by atoms with van der Waals surface area (Å²) in [6.45, 7) is 11.3. The van der Waals surface area contributed by atoms with Gasteiger partial charge in [-0.1, -0.05) is 19.9 Å². The summed E-state index contributed by atoms with van der Waals surface area (Å²) in [6.07, 6.45) is 0. The lowest BCUT2D eigenvalue weighted by molar-refractivity contribution is 0.261. The van der Waals surface area contributed by atoms with Crippen LogP contribution in [0.3, 0.4) is 0 Å². The van der Waals surface area contributed by atoms with Crippen molar-refractivity contribution in [2.75, 3.05) is 11.9 Å². The van der Waals surface area contributed by atoms with Gasteiger partial charge < -0.3 is 10.1 Å². The molecule has 0 atom stereocenters. The lowest BCUT2D eigenvalue weighted by atomic mass is 10.1. The first-order chi connectivity index (χ1) is 7.37. The van der Waals surface area contributed by atoms with E-state index in [1.807, 2.05) is 18.2 Å². The Morgan fingerprint density at radius 2 is 2.00 bits per heavy atom. The van der Waals surface area contributed by atoms with E-state index in [4.69, 9.17) is 4.74 Å². The minimum atomic E-state index is 0.0175. The number of nitrogens with one attached hydrogen (secondary N) is 1. The van der Waals surface area contributed by atoms with E-state index in [1.165, 1.54) is 0 Å². The summed E-state index contributed by atoms with van der Waals surface area (Å²) in [7, 11) is 0. The number of anilines is 1. The highest BCUT2D eigenvalue weighted by atomic mass is 16.5. The largest absolute Gasteiger partial charge is 0.477 e. The van der Waals surface area contributed by atoms with Crippen LogP contribution in [0.2, 0.25) is 0 Å². The van der Waals surface area contributed by atoms with Crippen LogP contribution in [0, 0.1) is 5.92 Å². The number of hydrogen-bond acceptors (Lipinski definition) is 3. The summed E-state index contributed by atoms with van der Waals surface area (Å²) < 4.78 is 5.57. The van der Waals surface area contributed by atoms with Crippen molar-refractivity contribution in [1.82, 2.24) is 4.98 Å². The van der Waals surface area contributed by atoms with Crippen LogP contribution < -0.4 is 10.1 Å². The van der Waals surface area contributed by atoms with Gasteiger partial charge in [0.05, 0.1) is 6.61 Å². The predicted octanol–water partition coefficient (Wildman–Crippen LogP) is 3.33. The monoisotopic (exact) mass is 222 g/mol. The van der Waals surface area contributed by atoms with Crippen LogP contribution in [-0.2, 0) is 0 Å². The first kappa shape index (κ1) is 12.8. The Bertz CT molecular complexity index is 329. The molecule has 0 unspecified atom stereocenters. The highest BCUT2D eigenvalue weighted by Crippen LogP contribution is 2.16. The van der Waals surface area contributed by atoms with Crippen LogP contribution in [0.5, 0.6) is 5.88 Å². The third-order valence-corrected chi connectivity index (χ3v) is 1.79. The number of rotatable bonds is 4. The number of hydrogen-bond donors (Lipinski definition) is 1. The number of nitrogens with zero attached hydrogens (tertiary/aromatic N) is 1. The van der Waals surface area contributed by atoms with Crippen LogP contribution in [-0.4, -0.2) is 17.1 Å². The summed E-state index contributed by atoms with van der Waals surface area (Å²) in [5.41, 5.74) is 0.0175. The predicted molar refractivity (Wildman–Crippen MR) is 67.9 cm³/mol. The fraction of sp³-hybridized carbons (Fsp3) is 0.615. The van der Waals surface area contributed by atoms with E-state index in [0.29, 0.717) is 18.4 Å². The molecule has 3 nitrogen and oxygen atoms in total. The molecule has 0 aliphatic rings. The van der Waals surface area contributed by atoms with E-state index in [2.05, 4.69) is 44.9 Å². The van der Waals surface area contributed by atoms with Gasteiger partial charge in [0, 0.05) is 11.6 Å². The van der Waals surface area contributed by atoms with E-state index >= 15 is 0 Å². The van der Waals surface area contributed by atoms with E-state index < -0.39 is 0 Å². The minimum Gasteiger partial charge on any atom is -0.477 e. The summed E-state index contributed by atoms with van der Waals surface area (Å²) in [4.78, 5) is 4.40. The second-order valence-electron chi connectivity index (χ2n) is 5.44. The molecular formula is C13H22N2O. The molecule has 0 amide bonds. The standard InChI is InChI=1S/C13H22N2O/c1-10(2)9-16-12-8-6-7-11(14-12)15-13(3,4)5/h6-8,10H,9H2,1-5H3,(H,14,15). The average molecular weight is 222 g/mol. The van der Waals surface area contributed by atoms with Crippen molar-refractivity contribution >= 4 is 5.82 Å². The zero-order chi connectivity index (χ0) is 12.2. The van der Waals surface area contributed by atoms with Gasteiger partial charge in [-0.05, 0) is 32.8 Å². The first-order valence-corrected chi connectivity index (χ1v) is 5.75. The van der Waals surface area contributed by atoms with Crippen molar-refractivity contribution in [3.05, 3.63) is 18.2 Å². The molecule has 0 radical (unpaired) electrons. The smallest absolute Gasteiger partial charge is 0.215 e. The lowest BCUT2D eigenvalue weighted by Crippen LogP contribution is -2.26. The third kappa shape index (κ3) is 5.01. The lowest BCUT2D eigenvalue weighted by Gasteiger charge is -2.21. The Kier molecular flexibility index (Phi) is 4.16. The van der Waals surface area contributed by atoms with Gasteiger partial charge in [-0.15, -0.1) is 0 Å². The molecule has 1 rings (SSSR count). The molecule has 16 heavy (non-hydrogen) atoms. The van der Waals surface area contributed by atoms with E-state index in [9.17, 15) is 0 Å². The van der Waals surface area contributed by atoms with E-state index in [-0.39, 0.29) is 5.54 Å². The van der Waals surface area contributed by atoms with E-state index in [0.717, 1.165) is 5.82 Å². The maximum atomic E-state index is 5.57. The Hall–Kier alpha value is -1.25. The van der Waals surface area contributed by atoms with Crippen LogP contribution in [0.1, 0.15) is 34.6 Å². The van der Waals surface area contributed by atoms with Gasteiger partial charge in [0.1, 0.15) is 5.82 Å². The van der Waals surface area contributed by atoms with Gasteiger partial charge in [-0.3, -0.25) is 0 Å². The van der Waals surface area contributed by atoms with Crippen molar-refractivity contribution in [3.8, 4) is 5.88 Å². The molecule has 1 heterocycles. The van der Waals surface area contributed by atoms with Gasteiger partial charge in [-0.25, -0.2) is 0 Å². The van der Waals surface area contributed by atoms with Gasteiger partial charge in [0.15, 0.2) is 0 Å². The Morgan fingerprint density at radius 3 is 2.56 bits per heavy atom. The quantitative estimate of drug-likeness (QED) is 0.848. The first-order valence-electron chi connectivity index (χ1n) is 5.75. The summed E-state index contributed by atoms with van der Waals surface area (Å²) in [6, 6.07) is 5.79. The van der Waals surface area contributed by atoms with E-state index in [1.54, 1.807) is 0 Å². The van der Waals surface area contributed by atoms with Gasteiger partial charge in [-0.2, -0.15) is 4.98 Å². The van der Waals surface area contributed by atoms with Crippen molar-refractivity contribution in [1.29, 1.82) is 0 Å². The molecule has 3 heteroatoms. The third-order valence-electron chi connectivity index (χ3n) is 1.79. The van der Waals surface area contributed by atoms with Gasteiger partial charge in [0.2, 0.25) is 5.88 Å².